The lowest BCUT2D eigenvalue weighted by Gasteiger charge is -2.38. The molecule has 0 aromatic carbocycles. The fraction of sp³-hybridized carbons (Fsp3) is 1.00. The second kappa shape index (κ2) is 8.97. The molecule has 0 heterocycles. The molecule has 0 bridgehead atoms. The second-order valence-corrected chi connectivity index (χ2v) is 6.86. The van der Waals surface area contributed by atoms with E-state index >= 15 is 0 Å². The summed E-state index contributed by atoms with van der Waals surface area (Å²) in [5.74, 6) is 0.995. The van der Waals surface area contributed by atoms with E-state index in [-0.39, 0.29) is 0 Å². The average molecular weight is 268 g/mol. The predicted molar refractivity (Wildman–Crippen MR) is 85.6 cm³/mol. The monoisotopic (exact) mass is 268 g/mol. The highest BCUT2D eigenvalue weighted by atomic mass is 15.1. The molecule has 114 valence electrons. The summed E-state index contributed by atoms with van der Waals surface area (Å²) in [4.78, 5) is 2.70. The van der Waals surface area contributed by atoms with E-state index in [9.17, 15) is 0 Å². The van der Waals surface area contributed by atoms with Crippen LogP contribution in [0.5, 0.6) is 0 Å². The maximum Gasteiger partial charge on any atom is 0.00475 e. The maximum atomic E-state index is 3.64. The van der Waals surface area contributed by atoms with Gasteiger partial charge in [0.25, 0.3) is 0 Å². The Morgan fingerprint density at radius 2 is 1.89 bits per heavy atom. The van der Waals surface area contributed by atoms with Crippen molar-refractivity contribution < 1.29 is 0 Å². The van der Waals surface area contributed by atoms with Crippen molar-refractivity contribution in [2.75, 3.05) is 32.7 Å². The number of nitrogens with one attached hydrogen (secondary N) is 1. The van der Waals surface area contributed by atoms with Gasteiger partial charge in [-0.3, -0.25) is 0 Å². The molecule has 0 saturated heterocycles. The minimum absolute atomic E-state index is 0.448. The van der Waals surface area contributed by atoms with Crippen LogP contribution in [0.25, 0.3) is 0 Å². The molecule has 1 saturated carbocycles. The zero-order chi connectivity index (χ0) is 14.1. The van der Waals surface area contributed by atoms with Crippen LogP contribution < -0.4 is 5.32 Å². The molecule has 1 N–H and O–H groups in total. The lowest BCUT2D eigenvalue weighted by molar-refractivity contribution is 0.117. The summed E-state index contributed by atoms with van der Waals surface area (Å²) in [6.45, 7) is 15.5. The smallest absolute Gasteiger partial charge is 0.00475 e. The van der Waals surface area contributed by atoms with Crippen molar-refractivity contribution in [3.05, 3.63) is 0 Å². The van der Waals surface area contributed by atoms with Crippen LogP contribution in [-0.4, -0.2) is 37.6 Å². The molecule has 0 amide bonds. The largest absolute Gasteiger partial charge is 0.316 e. The Morgan fingerprint density at radius 1 is 1.16 bits per heavy atom. The maximum absolute atomic E-state index is 3.64. The molecule has 19 heavy (non-hydrogen) atoms. The third kappa shape index (κ3) is 6.27. The lowest BCUT2D eigenvalue weighted by Crippen LogP contribution is -2.44. The minimum atomic E-state index is 0.448. The first-order valence-corrected chi connectivity index (χ1v) is 8.56. The first kappa shape index (κ1) is 17.0. The van der Waals surface area contributed by atoms with Gasteiger partial charge in [0.2, 0.25) is 0 Å². The van der Waals surface area contributed by atoms with Crippen molar-refractivity contribution in [2.45, 2.75) is 66.2 Å². The van der Waals surface area contributed by atoms with Gasteiger partial charge in [-0.05, 0) is 50.1 Å². The van der Waals surface area contributed by atoms with Gasteiger partial charge in [0.05, 0.1) is 0 Å². The Morgan fingerprint density at radius 3 is 2.37 bits per heavy atom. The highest BCUT2D eigenvalue weighted by molar-refractivity contribution is 4.82. The standard InChI is InChI=1S/C17H36N2/c1-5-11-17(4,14-18-12-6-2)15-19(7-3)13-16-9-8-10-16/h16,18H,5-15H2,1-4H3. The molecular weight excluding hydrogens is 232 g/mol. The van der Waals surface area contributed by atoms with Crippen molar-refractivity contribution in [1.29, 1.82) is 0 Å². The van der Waals surface area contributed by atoms with Gasteiger partial charge in [0.15, 0.2) is 0 Å². The summed E-state index contributed by atoms with van der Waals surface area (Å²) >= 11 is 0. The molecule has 0 aliphatic heterocycles. The molecule has 1 rings (SSSR count). The molecule has 1 unspecified atom stereocenters. The summed E-state index contributed by atoms with van der Waals surface area (Å²) in [7, 11) is 0. The van der Waals surface area contributed by atoms with E-state index in [0.29, 0.717) is 5.41 Å². The Kier molecular flexibility index (Phi) is 8.01. The van der Waals surface area contributed by atoms with Gasteiger partial charge >= 0.3 is 0 Å². The highest BCUT2D eigenvalue weighted by Gasteiger charge is 2.28. The Balaban J connectivity index is 2.42. The fourth-order valence-corrected chi connectivity index (χ4v) is 3.28. The molecule has 2 nitrogen and oxygen atoms in total. The van der Waals surface area contributed by atoms with Gasteiger partial charge in [-0.25, -0.2) is 0 Å². The first-order valence-electron chi connectivity index (χ1n) is 8.56. The van der Waals surface area contributed by atoms with Gasteiger partial charge in [-0.15, -0.1) is 0 Å². The molecule has 0 aromatic rings. The van der Waals surface area contributed by atoms with Crippen LogP contribution >= 0.6 is 0 Å². The summed E-state index contributed by atoms with van der Waals surface area (Å²) in [5, 5.41) is 3.64. The molecule has 1 atom stereocenters. The van der Waals surface area contributed by atoms with Gasteiger partial charge in [0, 0.05) is 19.6 Å². The van der Waals surface area contributed by atoms with E-state index < -0.39 is 0 Å². The van der Waals surface area contributed by atoms with Gasteiger partial charge in [-0.2, -0.15) is 0 Å². The quantitative estimate of drug-likeness (QED) is 0.571. The summed E-state index contributed by atoms with van der Waals surface area (Å²) in [6.07, 6.45) is 8.27. The third-order valence-corrected chi connectivity index (χ3v) is 4.63. The molecule has 2 heteroatoms. The molecule has 0 spiro atoms. The number of rotatable bonds is 11. The van der Waals surface area contributed by atoms with Crippen molar-refractivity contribution in [2.24, 2.45) is 11.3 Å². The first-order chi connectivity index (χ1) is 9.13. The van der Waals surface area contributed by atoms with Crippen LogP contribution in [0.2, 0.25) is 0 Å². The van der Waals surface area contributed by atoms with Crippen molar-refractivity contribution in [1.82, 2.24) is 10.2 Å². The number of hydrogen-bond donors (Lipinski definition) is 1. The zero-order valence-corrected chi connectivity index (χ0v) is 13.8. The van der Waals surface area contributed by atoms with E-state index in [2.05, 4.69) is 37.9 Å². The van der Waals surface area contributed by atoms with E-state index in [4.69, 9.17) is 0 Å². The van der Waals surface area contributed by atoms with E-state index in [1.54, 1.807) is 0 Å². The fourth-order valence-electron chi connectivity index (χ4n) is 3.28. The van der Waals surface area contributed by atoms with Crippen LogP contribution in [0.15, 0.2) is 0 Å². The summed E-state index contributed by atoms with van der Waals surface area (Å²) in [6, 6.07) is 0. The van der Waals surface area contributed by atoms with Gasteiger partial charge < -0.3 is 10.2 Å². The molecule has 1 aliphatic rings. The van der Waals surface area contributed by atoms with Crippen LogP contribution in [0, 0.1) is 11.3 Å². The molecule has 1 aliphatic carbocycles. The predicted octanol–water partition coefficient (Wildman–Crippen LogP) is 3.91. The molecular formula is C17H36N2. The van der Waals surface area contributed by atoms with Crippen molar-refractivity contribution in [3.8, 4) is 0 Å². The SMILES string of the molecule is CCCNCC(C)(CCC)CN(CC)CC1CCC1. The summed E-state index contributed by atoms with van der Waals surface area (Å²) in [5.41, 5.74) is 0.448. The summed E-state index contributed by atoms with van der Waals surface area (Å²) < 4.78 is 0. The normalized spacial score (nSPS) is 19.4. The highest BCUT2D eigenvalue weighted by Crippen LogP contribution is 2.29. The van der Waals surface area contributed by atoms with Crippen LogP contribution in [0.1, 0.15) is 66.2 Å². The molecule has 1 fully saturated rings. The molecule has 0 radical (unpaired) electrons. The Hall–Kier alpha value is -0.0800. The van der Waals surface area contributed by atoms with Crippen molar-refractivity contribution >= 4 is 0 Å². The van der Waals surface area contributed by atoms with Crippen LogP contribution in [0.3, 0.4) is 0 Å². The van der Waals surface area contributed by atoms with Crippen LogP contribution in [-0.2, 0) is 0 Å². The zero-order valence-electron chi connectivity index (χ0n) is 13.8. The minimum Gasteiger partial charge on any atom is -0.316 e. The average Bonchev–Trinajstić information content (AvgIpc) is 2.33. The second-order valence-electron chi connectivity index (χ2n) is 6.86. The number of nitrogens with zero attached hydrogens (tertiary/aromatic N) is 1. The van der Waals surface area contributed by atoms with Crippen molar-refractivity contribution in [3.63, 3.8) is 0 Å². The Labute approximate surface area is 121 Å². The topological polar surface area (TPSA) is 15.3 Å². The van der Waals surface area contributed by atoms with Crippen LogP contribution in [0.4, 0.5) is 0 Å². The van der Waals surface area contributed by atoms with E-state index in [0.717, 1.165) is 12.5 Å². The van der Waals surface area contributed by atoms with E-state index in [1.165, 1.54) is 64.7 Å². The van der Waals surface area contributed by atoms with E-state index in [1.807, 2.05) is 0 Å². The number of hydrogen-bond acceptors (Lipinski definition) is 2. The lowest BCUT2D eigenvalue weighted by atomic mass is 9.82. The Bertz CT molecular complexity index is 225. The molecule has 0 aromatic heterocycles. The van der Waals surface area contributed by atoms with Gasteiger partial charge in [0.1, 0.15) is 0 Å². The van der Waals surface area contributed by atoms with Gasteiger partial charge in [-0.1, -0.05) is 40.5 Å². The third-order valence-electron chi connectivity index (χ3n) is 4.63.